The predicted octanol–water partition coefficient (Wildman–Crippen LogP) is 4.13. The summed E-state index contributed by atoms with van der Waals surface area (Å²) in [6, 6.07) is 9.20. The van der Waals surface area contributed by atoms with E-state index in [9.17, 15) is 27.6 Å². The molecule has 214 valence electrons. The summed E-state index contributed by atoms with van der Waals surface area (Å²) in [4.78, 5) is 42.3. The van der Waals surface area contributed by atoms with Gasteiger partial charge in [-0.2, -0.15) is 0 Å². The van der Waals surface area contributed by atoms with Gasteiger partial charge in [0.25, 0.3) is 11.8 Å². The monoisotopic (exact) mass is 567 g/mol. The smallest absolute Gasteiger partial charge is 0.275 e. The number of nitrogens with one attached hydrogen (secondary N) is 1. The third-order valence-electron chi connectivity index (χ3n) is 7.21. The Labute approximate surface area is 234 Å². The van der Waals surface area contributed by atoms with Crippen molar-refractivity contribution in [1.82, 2.24) is 14.8 Å². The number of aromatic nitrogens is 1. The normalized spacial score (nSPS) is 19.5. The number of halogens is 3. The first kappa shape index (κ1) is 28.2. The molecule has 0 radical (unpaired) electrons. The molecule has 11 heteroatoms. The number of nitrogens with zero attached hydrogens (tertiary/aromatic N) is 2. The van der Waals surface area contributed by atoms with Crippen LogP contribution < -0.4 is 15.5 Å². The van der Waals surface area contributed by atoms with E-state index < -0.39 is 64.5 Å². The highest BCUT2D eigenvalue weighted by molar-refractivity contribution is 5.99. The van der Waals surface area contributed by atoms with Crippen molar-refractivity contribution in [2.24, 2.45) is 0 Å². The van der Waals surface area contributed by atoms with Gasteiger partial charge in [0.05, 0.1) is 12.1 Å². The number of benzene rings is 2. The lowest BCUT2D eigenvalue weighted by Gasteiger charge is -2.39. The van der Waals surface area contributed by atoms with Crippen LogP contribution in [-0.4, -0.2) is 46.6 Å². The molecule has 0 fully saturated rings. The highest BCUT2D eigenvalue weighted by atomic mass is 19.1. The maximum atomic E-state index is 14.2. The summed E-state index contributed by atoms with van der Waals surface area (Å²) in [5.74, 6) is -5.17. The molecule has 1 aromatic heterocycles. The molecule has 0 unspecified atom stereocenters. The maximum absolute atomic E-state index is 14.2. The minimum atomic E-state index is -1.18. The second-order valence-corrected chi connectivity index (χ2v) is 9.83. The van der Waals surface area contributed by atoms with Gasteiger partial charge in [0.2, 0.25) is 5.43 Å². The van der Waals surface area contributed by atoms with E-state index in [2.05, 4.69) is 5.32 Å². The lowest BCUT2D eigenvalue weighted by atomic mass is 10.0. The Morgan fingerprint density at radius 1 is 1.07 bits per heavy atom. The lowest BCUT2D eigenvalue weighted by molar-refractivity contribution is 0.0293. The standard InChI is InChI=1S/C30H28F3N3O5/c1-3-40-25-10-9-17(2)35-15-24(25)36-14-21(29(38)34-13-20-22(32)11-19(31)12-23(20)33)27(37)28(26(36)30(35)39)41-16-18-7-5-4-6-8-18/h4-12,14,17,24-25H,3,13,15-16H2,1-2H3,(H,34,38)/t17-,24+,25-/m0/s1. The van der Waals surface area contributed by atoms with Crippen molar-refractivity contribution in [1.29, 1.82) is 0 Å². The van der Waals surface area contributed by atoms with Crippen molar-refractivity contribution in [2.75, 3.05) is 13.2 Å². The highest BCUT2D eigenvalue weighted by Gasteiger charge is 2.41. The molecule has 1 N–H and O–H groups in total. The molecule has 3 heterocycles. The maximum Gasteiger partial charge on any atom is 0.275 e. The van der Waals surface area contributed by atoms with Crippen molar-refractivity contribution in [3.8, 4) is 5.75 Å². The summed E-state index contributed by atoms with van der Waals surface area (Å²) in [5, 5.41) is 2.34. The number of amides is 2. The largest absolute Gasteiger partial charge is 0.483 e. The van der Waals surface area contributed by atoms with Gasteiger partial charge in [-0.15, -0.1) is 0 Å². The summed E-state index contributed by atoms with van der Waals surface area (Å²) in [5.41, 5.74) is -1.10. The molecule has 2 aromatic carbocycles. The fraction of sp³-hybridized carbons (Fsp3) is 0.300. The van der Waals surface area contributed by atoms with Crippen LogP contribution in [0.2, 0.25) is 0 Å². The number of carbonyl (C=O) groups excluding carboxylic acids is 2. The number of hydrogen-bond acceptors (Lipinski definition) is 5. The first-order valence-electron chi connectivity index (χ1n) is 13.2. The molecule has 2 bridgehead atoms. The molecule has 0 spiro atoms. The zero-order valence-electron chi connectivity index (χ0n) is 22.4. The van der Waals surface area contributed by atoms with Crippen molar-refractivity contribution in [3.63, 3.8) is 0 Å². The van der Waals surface area contributed by atoms with E-state index in [4.69, 9.17) is 9.47 Å². The lowest BCUT2D eigenvalue weighted by Crippen LogP contribution is -2.50. The van der Waals surface area contributed by atoms with E-state index in [1.165, 1.54) is 10.8 Å². The average molecular weight is 568 g/mol. The number of fused-ring (bicyclic) bond motifs is 4. The summed E-state index contributed by atoms with van der Waals surface area (Å²) < 4.78 is 55.1. The molecule has 5 rings (SSSR count). The fourth-order valence-electron chi connectivity index (χ4n) is 5.09. The molecule has 2 aliphatic heterocycles. The second-order valence-electron chi connectivity index (χ2n) is 9.83. The molecule has 3 aromatic rings. The van der Waals surface area contributed by atoms with Crippen LogP contribution in [-0.2, 0) is 17.9 Å². The van der Waals surface area contributed by atoms with Gasteiger partial charge in [-0.25, -0.2) is 13.2 Å². The van der Waals surface area contributed by atoms with Crippen LogP contribution in [0.15, 0.2) is 65.6 Å². The SMILES string of the molecule is CCO[C@H]1C=C[C@H](C)N2C[C@H]1n1cc(C(=O)NCc3c(F)cc(F)cc3F)c(=O)c(OCc3ccccc3)c1C2=O. The van der Waals surface area contributed by atoms with Gasteiger partial charge in [-0.1, -0.05) is 42.5 Å². The second kappa shape index (κ2) is 11.6. The van der Waals surface area contributed by atoms with Gasteiger partial charge in [0.15, 0.2) is 11.4 Å². The molecule has 2 aliphatic rings. The summed E-state index contributed by atoms with van der Waals surface area (Å²) in [7, 11) is 0. The summed E-state index contributed by atoms with van der Waals surface area (Å²) in [6.45, 7) is 3.62. The van der Waals surface area contributed by atoms with Crippen molar-refractivity contribution < 1.29 is 32.2 Å². The van der Waals surface area contributed by atoms with Crippen LogP contribution in [0.5, 0.6) is 5.75 Å². The third-order valence-corrected chi connectivity index (χ3v) is 7.21. The zero-order valence-corrected chi connectivity index (χ0v) is 22.4. The molecule has 0 saturated carbocycles. The number of carbonyl (C=O) groups is 2. The van der Waals surface area contributed by atoms with Crippen LogP contribution in [0.3, 0.4) is 0 Å². The Kier molecular flexibility index (Phi) is 7.98. The van der Waals surface area contributed by atoms with Gasteiger partial charge in [0.1, 0.15) is 29.6 Å². The first-order valence-corrected chi connectivity index (χ1v) is 13.2. The van der Waals surface area contributed by atoms with Crippen molar-refractivity contribution in [2.45, 2.75) is 45.2 Å². The van der Waals surface area contributed by atoms with Crippen LogP contribution in [0.25, 0.3) is 0 Å². The Hall–Kier alpha value is -4.38. The molecule has 0 aliphatic carbocycles. The number of pyridine rings is 1. The highest BCUT2D eigenvalue weighted by Crippen LogP contribution is 2.34. The topological polar surface area (TPSA) is 89.9 Å². The molecular weight excluding hydrogens is 539 g/mol. The average Bonchev–Trinajstić information content (AvgIpc) is 3.08. The van der Waals surface area contributed by atoms with Crippen LogP contribution in [0.4, 0.5) is 13.2 Å². The van der Waals surface area contributed by atoms with Gasteiger partial charge < -0.3 is 24.3 Å². The van der Waals surface area contributed by atoms with Gasteiger partial charge in [-0.3, -0.25) is 14.4 Å². The summed E-state index contributed by atoms with van der Waals surface area (Å²) >= 11 is 0. The van der Waals surface area contributed by atoms with E-state index >= 15 is 0 Å². The third kappa shape index (κ3) is 5.49. The Morgan fingerprint density at radius 3 is 2.46 bits per heavy atom. The fourth-order valence-corrected chi connectivity index (χ4v) is 5.09. The molecule has 2 amide bonds. The molecule has 0 saturated heterocycles. The first-order chi connectivity index (χ1) is 19.7. The Morgan fingerprint density at radius 2 is 1.78 bits per heavy atom. The zero-order chi connectivity index (χ0) is 29.3. The predicted molar refractivity (Wildman–Crippen MR) is 143 cm³/mol. The van der Waals surface area contributed by atoms with Crippen LogP contribution in [0.1, 0.15) is 51.9 Å². The number of ether oxygens (including phenoxy) is 2. The number of rotatable bonds is 8. The van der Waals surface area contributed by atoms with E-state index in [1.807, 2.05) is 32.1 Å². The number of hydrogen-bond donors (Lipinski definition) is 1. The Bertz CT molecular complexity index is 1550. The molecule has 3 atom stereocenters. The Balaban J connectivity index is 1.59. The molecule has 41 heavy (non-hydrogen) atoms. The van der Waals surface area contributed by atoms with Crippen LogP contribution in [0, 0.1) is 17.5 Å². The van der Waals surface area contributed by atoms with Crippen LogP contribution >= 0.6 is 0 Å². The quantitative estimate of drug-likeness (QED) is 0.414. The van der Waals surface area contributed by atoms with Gasteiger partial charge in [-0.05, 0) is 19.4 Å². The van der Waals surface area contributed by atoms with Gasteiger partial charge >= 0.3 is 0 Å². The summed E-state index contributed by atoms with van der Waals surface area (Å²) in [6.07, 6.45) is 4.48. The van der Waals surface area contributed by atoms with E-state index in [1.54, 1.807) is 29.2 Å². The van der Waals surface area contributed by atoms with Gasteiger partial charge in [0, 0.05) is 49.6 Å². The molecular formula is C30H28F3N3O5. The minimum absolute atomic E-state index is 0.0189. The minimum Gasteiger partial charge on any atom is -0.483 e. The van der Waals surface area contributed by atoms with Crippen molar-refractivity contribution in [3.05, 3.63) is 111 Å². The molecule has 8 nitrogen and oxygen atoms in total. The van der Waals surface area contributed by atoms with E-state index in [0.29, 0.717) is 18.7 Å². The van der Waals surface area contributed by atoms with E-state index in [0.717, 1.165) is 5.56 Å². The van der Waals surface area contributed by atoms with Crippen molar-refractivity contribution >= 4 is 11.8 Å². The van der Waals surface area contributed by atoms with E-state index in [-0.39, 0.29) is 30.6 Å².